The maximum absolute atomic E-state index is 11.0. The number of hydrogen-bond donors (Lipinski definition) is 3. The number of ether oxygens (including phenoxy) is 1. The molecule has 0 bridgehead atoms. The molecule has 2 atom stereocenters. The number of nitrogens with zero attached hydrogens (tertiary/aromatic N) is 2. The van der Waals surface area contributed by atoms with Crippen molar-refractivity contribution in [1.29, 1.82) is 0 Å². The molecule has 0 aliphatic carbocycles. The van der Waals surface area contributed by atoms with Crippen LogP contribution in [-0.2, 0) is 11.2 Å². The summed E-state index contributed by atoms with van der Waals surface area (Å²) < 4.78 is 6.22. The lowest BCUT2D eigenvalue weighted by atomic mass is 9.96. The second kappa shape index (κ2) is 10.0. The molecule has 0 saturated heterocycles. The van der Waals surface area contributed by atoms with Crippen molar-refractivity contribution in [3.8, 4) is 28.3 Å². The van der Waals surface area contributed by atoms with Crippen LogP contribution < -0.4 is 16.2 Å². The number of carboxylic acids is 1. The molecule has 0 fully saturated rings. The minimum Gasteiger partial charge on any atom is -0.480 e. The van der Waals surface area contributed by atoms with Crippen LogP contribution in [0.5, 0.6) is 5.88 Å². The Morgan fingerprint density at radius 2 is 1.82 bits per heavy atom. The van der Waals surface area contributed by atoms with Gasteiger partial charge in [0.1, 0.15) is 12.1 Å². The molecule has 4 aromatic rings. The maximum Gasteiger partial charge on any atom is 0.320 e. The number of rotatable bonds is 8. The maximum atomic E-state index is 11.0. The summed E-state index contributed by atoms with van der Waals surface area (Å²) in [7, 11) is 0. The number of nitrogen functional groups attached to an aromatic ring is 1. The lowest BCUT2D eigenvalue weighted by Crippen LogP contribution is -2.32. The first-order chi connectivity index (χ1) is 16.3. The van der Waals surface area contributed by atoms with E-state index in [2.05, 4.69) is 39.8 Å². The number of carboxylic acid groups (broad SMARTS) is 1. The van der Waals surface area contributed by atoms with E-state index in [0.29, 0.717) is 11.6 Å². The van der Waals surface area contributed by atoms with Gasteiger partial charge in [0.05, 0.1) is 5.69 Å². The summed E-state index contributed by atoms with van der Waals surface area (Å²) in [6.07, 6.45) is -0.0197. The summed E-state index contributed by atoms with van der Waals surface area (Å²) in [6.45, 7) is 4.09. The van der Waals surface area contributed by atoms with Crippen LogP contribution >= 0.6 is 11.3 Å². The number of carbonyl (C=O) groups is 1. The Balaban J connectivity index is 1.57. The third-order valence-corrected chi connectivity index (χ3v) is 6.45. The topological polar surface area (TPSA) is 124 Å². The molecule has 0 aliphatic rings. The van der Waals surface area contributed by atoms with Gasteiger partial charge in [0.25, 0.3) is 0 Å². The van der Waals surface area contributed by atoms with Gasteiger partial charge in [-0.15, -0.1) is 0 Å². The molecule has 2 aromatic carbocycles. The summed E-state index contributed by atoms with van der Waals surface area (Å²) in [5.74, 6) is -0.540. The van der Waals surface area contributed by atoms with E-state index in [-0.39, 0.29) is 18.5 Å². The van der Waals surface area contributed by atoms with Crippen molar-refractivity contribution in [2.24, 2.45) is 5.73 Å². The molecular weight excluding hydrogens is 448 g/mol. The minimum absolute atomic E-state index is 0.110. The van der Waals surface area contributed by atoms with E-state index in [1.807, 2.05) is 43.3 Å². The summed E-state index contributed by atoms with van der Waals surface area (Å²) in [6, 6.07) is 16.4. The molecule has 1 unspecified atom stereocenters. The predicted molar refractivity (Wildman–Crippen MR) is 135 cm³/mol. The number of anilines is 1. The van der Waals surface area contributed by atoms with E-state index >= 15 is 0 Å². The van der Waals surface area contributed by atoms with E-state index in [1.165, 1.54) is 11.1 Å². The zero-order chi connectivity index (χ0) is 24.2. The zero-order valence-electron chi connectivity index (χ0n) is 18.9. The molecule has 0 aliphatic heterocycles. The van der Waals surface area contributed by atoms with Gasteiger partial charge in [0, 0.05) is 11.6 Å². The zero-order valence-corrected chi connectivity index (χ0v) is 19.8. The number of aromatic nitrogens is 2. The van der Waals surface area contributed by atoms with E-state index in [9.17, 15) is 4.79 Å². The van der Waals surface area contributed by atoms with Crippen molar-refractivity contribution >= 4 is 23.3 Å². The summed E-state index contributed by atoms with van der Waals surface area (Å²) in [5, 5.41) is 13.3. The lowest BCUT2D eigenvalue weighted by Gasteiger charge is -2.18. The second-order valence-corrected chi connectivity index (χ2v) is 8.85. The molecule has 5 N–H and O–H groups in total. The average Bonchev–Trinajstić information content (AvgIpc) is 3.24. The van der Waals surface area contributed by atoms with Crippen LogP contribution in [0.3, 0.4) is 0 Å². The fraction of sp³-hybridized carbons (Fsp3) is 0.192. The first-order valence-electron chi connectivity index (χ1n) is 10.8. The van der Waals surface area contributed by atoms with Crippen molar-refractivity contribution in [3.05, 3.63) is 82.0 Å². The largest absolute Gasteiger partial charge is 0.480 e. The van der Waals surface area contributed by atoms with E-state index in [0.717, 1.165) is 22.3 Å². The average molecular weight is 475 g/mol. The van der Waals surface area contributed by atoms with Crippen molar-refractivity contribution in [2.75, 3.05) is 5.73 Å². The molecule has 2 heterocycles. The standard InChI is InChI=1S/C26H26N4O3S/c1-15-13-34-14-21(15)20-6-4-3-5-19(20)16(2)33-24-12-23(29-26(28)30-24)18-9-7-17(8-10-18)11-22(27)25(31)32/h3-10,12-14,16,22H,11,27H2,1-2H3,(H,31,32)(H2,28,29,30)/t16?,22-/m0/s1. The molecular formula is C26H26N4O3S. The van der Waals surface area contributed by atoms with Gasteiger partial charge in [0.15, 0.2) is 0 Å². The highest BCUT2D eigenvalue weighted by Crippen LogP contribution is 2.34. The van der Waals surface area contributed by atoms with Gasteiger partial charge in [-0.1, -0.05) is 48.5 Å². The minimum atomic E-state index is -1.03. The normalized spacial score (nSPS) is 12.8. The first-order valence-corrected chi connectivity index (χ1v) is 11.8. The number of benzene rings is 2. The number of aryl methyl sites for hydroxylation is 1. The molecule has 34 heavy (non-hydrogen) atoms. The molecule has 0 amide bonds. The van der Waals surface area contributed by atoms with Crippen LogP contribution in [-0.4, -0.2) is 27.1 Å². The highest BCUT2D eigenvalue weighted by atomic mass is 32.1. The predicted octanol–water partition coefficient (Wildman–Crippen LogP) is 4.86. The van der Waals surface area contributed by atoms with Crippen LogP contribution in [0.4, 0.5) is 5.95 Å². The molecule has 8 heteroatoms. The Bertz CT molecular complexity index is 1300. The fourth-order valence-electron chi connectivity index (χ4n) is 3.78. The van der Waals surface area contributed by atoms with E-state index < -0.39 is 12.0 Å². The number of aliphatic carboxylic acids is 1. The Morgan fingerprint density at radius 1 is 1.09 bits per heavy atom. The fourth-order valence-corrected chi connectivity index (χ4v) is 4.63. The van der Waals surface area contributed by atoms with Crippen LogP contribution in [0.15, 0.2) is 65.4 Å². The molecule has 174 valence electrons. The van der Waals surface area contributed by atoms with Crippen molar-refractivity contribution < 1.29 is 14.6 Å². The molecule has 0 radical (unpaired) electrons. The van der Waals surface area contributed by atoms with Gasteiger partial charge < -0.3 is 21.3 Å². The van der Waals surface area contributed by atoms with Crippen molar-refractivity contribution in [2.45, 2.75) is 32.4 Å². The summed E-state index contributed by atoms with van der Waals surface area (Å²) in [5.41, 5.74) is 18.5. The van der Waals surface area contributed by atoms with Crippen LogP contribution in [0.2, 0.25) is 0 Å². The van der Waals surface area contributed by atoms with Gasteiger partial charge >= 0.3 is 5.97 Å². The monoisotopic (exact) mass is 474 g/mol. The van der Waals surface area contributed by atoms with E-state index in [1.54, 1.807) is 17.4 Å². The molecule has 2 aromatic heterocycles. The summed E-state index contributed by atoms with van der Waals surface area (Å²) >= 11 is 1.68. The Labute approximate surface area is 202 Å². The Kier molecular flexibility index (Phi) is 6.90. The van der Waals surface area contributed by atoms with Crippen LogP contribution in [0.1, 0.15) is 29.7 Å². The number of nitrogens with two attached hydrogens (primary N) is 2. The summed E-state index contributed by atoms with van der Waals surface area (Å²) in [4.78, 5) is 19.6. The highest BCUT2D eigenvalue weighted by Gasteiger charge is 2.17. The van der Waals surface area contributed by atoms with Gasteiger partial charge in [-0.05, 0) is 58.8 Å². The third-order valence-electron chi connectivity index (χ3n) is 5.58. The highest BCUT2D eigenvalue weighted by molar-refractivity contribution is 7.08. The van der Waals surface area contributed by atoms with Crippen LogP contribution in [0.25, 0.3) is 22.4 Å². The third kappa shape index (κ3) is 5.24. The van der Waals surface area contributed by atoms with Gasteiger partial charge in [-0.2, -0.15) is 16.3 Å². The van der Waals surface area contributed by atoms with Gasteiger partial charge in [-0.25, -0.2) is 4.98 Å². The van der Waals surface area contributed by atoms with Crippen LogP contribution in [0, 0.1) is 6.92 Å². The van der Waals surface area contributed by atoms with Gasteiger partial charge in [0.2, 0.25) is 11.8 Å². The quantitative estimate of drug-likeness (QED) is 0.333. The molecule has 0 spiro atoms. The number of hydrogen-bond acceptors (Lipinski definition) is 7. The smallest absolute Gasteiger partial charge is 0.320 e. The van der Waals surface area contributed by atoms with Crippen molar-refractivity contribution in [3.63, 3.8) is 0 Å². The lowest BCUT2D eigenvalue weighted by molar-refractivity contribution is -0.138. The van der Waals surface area contributed by atoms with Crippen molar-refractivity contribution in [1.82, 2.24) is 9.97 Å². The SMILES string of the molecule is Cc1cscc1-c1ccccc1C(C)Oc1cc(-c2ccc(C[C@H](N)C(=O)O)cc2)nc(N)n1. The molecule has 4 rings (SSSR count). The first kappa shape index (κ1) is 23.4. The number of thiophene rings is 1. The van der Waals surface area contributed by atoms with E-state index in [4.69, 9.17) is 21.3 Å². The molecule has 0 saturated carbocycles. The Hall–Kier alpha value is -3.75. The molecule has 7 nitrogen and oxygen atoms in total. The second-order valence-electron chi connectivity index (χ2n) is 8.11. The Morgan fingerprint density at radius 3 is 2.50 bits per heavy atom. The van der Waals surface area contributed by atoms with Gasteiger partial charge in [-0.3, -0.25) is 4.79 Å².